The number of rotatable bonds is 5. The smallest absolute Gasteiger partial charge is 0.294 e. The molecule has 0 aliphatic carbocycles. The lowest BCUT2D eigenvalue weighted by molar-refractivity contribution is -0.384. The lowest BCUT2D eigenvalue weighted by atomic mass is 9.92. The fourth-order valence-electron chi connectivity index (χ4n) is 1.68. The molecular formula is C13H20N4O3. The van der Waals surface area contributed by atoms with Crippen LogP contribution < -0.4 is 16.6 Å². The molecule has 0 radical (unpaired) electrons. The number of amides is 1. The number of hydrazine groups is 1. The van der Waals surface area contributed by atoms with E-state index in [2.05, 4.69) is 31.5 Å². The summed E-state index contributed by atoms with van der Waals surface area (Å²) in [6, 6.07) is 4.24. The summed E-state index contributed by atoms with van der Waals surface area (Å²) < 4.78 is 0. The van der Waals surface area contributed by atoms with Crippen molar-refractivity contribution >= 4 is 17.3 Å². The maximum Gasteiger partial charge on any atom is 0.294 e. The zero-order chi connectivity index (χ0) is 15.3. The summed E-state index contributed by atoms with van der Waals surface area (Å²) in [7, 11) is 0. The van der Waals surface area contributed by atoms with Gasteiger partial charge in [0.1, 0.15) is 5.69 Å². The highest BCUT2D eigenvalue weighted by atomic mass is 16.6. The van der Waals surface area contributed by atoms with E-state index in [-0.39, 0.29) is 28.3 Å². The second-order valence-electron chi connectivity index (χ2n) is 5.67. The van der Waals surface area contributed by atoms with Crippen LogP contribution in [-0.2, 0) is 0 Å². The van der Waals surface area contributed by atoms with Gasteiger partial charge in [0.2, 0.25) is 0 Å². The third kappa shape index (κ3) is 4.20. The number of anilines is 1. The van der Waals surface area contributed by atoms with E-state index in [1.165, 1.54) is 18.2 Å². The summed E-state index contributed by atoms with van der Waals surface area (Å²) in [5.74, 6) is 4.91. The summed E-state index contributed by atoms with van der Waals surface area (Å²) in [5, 5.41) is 13.6. The van der Waals surface area contributed by atoms with Crippen molar-refractivity contribution in [3.8, 4) is 0 Å². The van der Waals surface area contributed by atoms with Crippen molar-refractivity contribution in [2.45, 2.75) is 27.2 Å². The molecule has 110 valence electrons. The van der Waals surface area contributed by atoms with E-state index in [1.807, 2.05) is 0 Å². The van der Waals surface area contributed by atoms with Crippen LogP contribution in [0.2, 0.25) is 0 Å². The molecule has 0 saturated carbocycles. The number of carbonyl (C=O) groups is 1. The second kappa shape index (κ2) is 6.33. The molecule has 0 aliphatic heterocycles. The first kappa shape index (κ1) is 15.9. The largest absolute Gasteiger partial charge is 0.352 e. The van der Waals surface area contributed by atoms with Gasteiger partial charge in [-0.15, -0.1) is 0 Å². The number of nitro benzene ring substituents is 1. The van der Waals surface area contributed by atoms with Crippen LogP contribution in [0.4, 0.5) is 11.4 Å². The molecule has 1 aromatic carbocycles. The lowest BCUT2D eigenvalue weighted by Crippen LogP contribution is -2.28. The molecule has 7 nitrogen and oxygen atoms in total. The Bertz CT molecular complexity index is 509. The maximum absolute atomic E-state index is 12.1. The summed E-state index contributed by atoms with van der Waals surface area (Å²) in [4.78, 5) is 22.4. The first-order valence-corrected chi connectivity index (χ1v) is 6.28. The minimum absolute atomic E-state index is 0.0192. The molecule has 0 spiro atoms. The van der Waals surface area contributed by atoms with E-state index in [9.17, 15) is 14.9 Å². The van der Waals surface area contributed by atoms with Gasteiger partial charge in [0.05, 0.1) is 10.5 Å². The number of hydrogen-bond acceptors (Lipinski definition) is 5. The molecule has 4 N–H and O–H groups in total. The fraction of sp³-hybridized carbons (Fsp3) is 0.462. The highest BCUT2D eigenvalue weighted by Crippen LogP contribution is 2.27. The molecule has 0 aromatic heterocycles. The number of nitrogen functional groups attached to an aromatic ring is 1. The van der Waals surface area contributed by atoms with Gasteiger partial charge in [-0.2, -0.15) is 0 Å². The molecule has 0 saturated heterocycles. The number of nitrogens with zero attached hydrogens (tertiary/aromatic N) is 1. The molecule has 0 heterocycles. The van der Waals surface area contributed by atoms with Gasteiger partial charge in [0.15, 0.2) is 0 Å². The monoisotopic (exact) mass is 280 g/mol. The van der Waals surface area contributed by atoms with Gasteiger partial charge in [0, 0.05) is 12.6 Å². The number of nitrogens with two attached hydrogens (primary N) is 1. The van der Waals surface area contributed by atoms with Crippen LogP contribution in [0.25, 0.3) is 0 Å². The molecule has 7 heteroatoms. The van der Waals surface area contributed by atoms with Crippen molar-refractivity contribution in [2.75, 3.05) is 12.0 Å². The van der Waals surface area contributed by atoms with Crippen LogP contribution >= 0.6 is 0 Å². The third-order valence-corrected chi connectivity index (χ3v) is 2.79. The summed E-state index contributed by atoms with van der Waals surface area (Å²) in [6.07, 6.45) is 0.805. The Morgan fingerprint density at radius 2 is 2.05 bits per heavy atom. The Hall–Kier alpha value is -2.15. The molecule has 1 aromatic rings. The van der Waals surface area contributed by atoms with E-state index in [0.717, 1.165) is 6.42 Å². The minimum Gasteiger partial charge on any atom is -0.352 e. The quantitative estimate of drug-likeness (QED) is 0.434. The van der Waals surface area contributed by atoms with Gasteiger partial charge in [-0.25, -0.2) is 0 Å². The van der Waals surface area contributed by atoms with Gasteiger partial charge in [-0.1, -0.05) is 26.8 Å². The van der Waals surface area contributed by atoms with E-state index >= 15 is 0 Å². The topological polar surface area (TPSA) is 110 Å². The molecule has 0 atom stereocenters. The van der Waals surface area contributed by atoms with Crippen molar-refractivity contribution < 1.29 is 9.72 Å². The second-order valence-corrected chi connectivity index (χ2v) is 5.67. The van der Waals surface area contributed by atoms with E-state index < -0.39 is 4.92 Å². The normalized spacial score (nSPS) is 11.0. The molecule has 0 aliphatic rings. The molecule has 0 unspecified atom stereocenters. The highest BCUT2D eigenvalue weighted by Gasteiger charge is 2.21. The Morgan fingerprint density at radius 3 is 2.55 bits per heavy atom. The molecule has 0 bridgehead atoms. The number of carbonyl (C=O) groups excluding carboxylic acids is 1. The van der Waals surface area contributed by atoms with Crippen LogP contribution in [0, 0.1) is 15.5 Å². The molecule has 1 rings (SSSR count). The predicted octanol–water partition coefficient (Wildman–Crippen LogP) is 2.05. The Balaban J connectivity index is 2.88. The molecule has 0 fully saturated rings. The predicted molar refractivity (Wildman–Crippen MR) is 77.3 cm³/mol. The molecule has 20 heavy (non-hydrogen) atoms. The standard InChI is InChI=1S/C13H20N4O3/c1-13(2,3)7-8-15-12(18)9-5-4-6-10(17(19)20)11(9)16-14/h4-6,16H,7-8,14H2,1-3H3,(H,15,18). The summed E-state index contributed by atoms with van der Waals surface area (Å²) in [6.45, 7) is 6.70. The minimum atomic E-state index is -0.582. The fourth-order valence-corrected chi connectivity index (χ4v) is 1.68. The molecule has 1 amide bonds. The number of benzene rings is 1. The number of nitro groups is 1. The van der Waals surface area contributed by atoms with Crippen molar-refractivity contribution in [3.05, 3.63) is 33.9 Å². The zero-order valence-electron chi connectivity index (χ0n) is 11.9. The zero-order valence-corrected chi connectivity index (χ0v) is 11.9. The number of para-hydroxylation sites is 1. The van der Waals surface area contributed by atoms with E-state index in [4.69, 9.17) is 5.84 Å². The summed E-state index contributed by atoms with van der Waals surface area (Å²) in [5.41, 5.74) is 2.29. The van der Waals surface area contributed by atoms with Crippen molar-refractivity contribution in [1.29, 1.82) is 0 Å². The first-order valence-electron chi connectivity index (χ1n) is 6.28. The van der Waals surface area contributed by atoms with Crippen LogP contribution in [0.5, 0.6) is 0 Å². The van der Waals surface area contributed by atoms with E-state index in [1.54, 1.807) is 0 Å². The third-order valence-electron chi connectivity index (χ3n) is 2.79. The highest BCUT2D eigenvalue weighted by molar-refractivity contribution is 6.01. The maximum atomic E-state index is 12.1. The van der Waals surface area contributed by atoms with Crippen molar-refractivity contribution in [3.63, 3.8) is 0 Å². The summed E-state index contributed by atoms with van der Waals surface area (Å²) >= 11 is 0. The van der Waals surface area contributed by atoms with Crippen LogP contribution in [-0.4, -0.2) is 17.4 Å². The van der Waals surface area contributed by atoms with Crippen LogP contribution in [0.3, 0.4) is 0 Å². The Kier molecular flexibility index (Phi) is 5.04. The average Bonchev–Trinajstić information content (AvgIpc) is 2.35. The first-order chi connectivity index (χ1) is 9.26. The number of nitrogens with one attached hydrogen (secondary N) is 2. The van der Waals surface area contributed by atoms with Gasteiger partial charge >= 0.3 is 0 Å². The van der Waals surface area contributed by atoms with Crippen LogP contribution in [0.15, 0.2) is 18.2 Å². The SMILES string of the molecule is CC(C)(C)CCNC(=O)c1cccc([N+](=O)[O-])c1NN. The van der Waals surface area contributed by atoms with Crippen LogP contribution in [0.1, 0.15) is 37.6 Å². The number of hydrogen-bond donors (Lipinski definition) is 3. The van der Waals surface area contributed by atoms with Gasteiger partial charge < -0.3 is 10.7 Å². The Morgan fingerprint density at radius 1 is 1.40 bits per heavy atom. The lowest BCUT2D eigenvalue weighted by Gasteiger charge is -2.18. The van der Waals surface area contributed by atoms with Crippen molar-refractivity contribution in [2.24, 2.45) is 11.3 Å². The van der Waals surface area contributed by atoms with Gasteiger partial charge in [0.25, 0.3) is 11.6 Å². The van der Waals surface area contributed by atoms with E-state index in [0.29, 0.717) is 6.54 Å². The average molecular weight is 280 g/mol. The molecular weight excluding hydrogens is 260 g/mol. The van der Waals surface area contributed by atoms with Crippen molar-refractivity contribution in [1.82, 2.24) is 5.32 Å². The van der Waals surface area contributed by atoms with Gasteiger partial charge in [-0.3, -0.25) is 20.8 Å². The Labute approximate surface area is 117 Å². The van der Waals surface area contributed by atoms with Gasteiger partial charge in [-0.05, 0) is 17.9 Å².